The molecule has 0 radical (unpaired) electrons. The summed E-state index contributed by atoms with van der Waals surface area (Å²) in [6.07, 6.45) is 0. The largest absolute Gasteiger partial charge is 0.454 e. The SMILES string of the molecule is c1ccc(-c2cc(N(c3ccc4c(c3)sc3ccccc34)c3cccc4c3oc3ccccc34)ccc2-c2ccccc2-n2c3ccccc3c3ccccc32)cc1. The molecule has 3 heterocycles. The fraction of sp³-hybridized carbons (Fsp3) is 0. The quantitative estimate of drug-likeness (QED) is 0.168. The maximum absolute atomic E-state index is 6.74. The molecule has 3 aromatic heterocycles. The number of fused-ring (bicyclic) bond motifs is 9. The highest BCUT2D eigenvalue weighted by atomic mass is 32.1. The van der Waals surface area contributed by atoms with Crippen LogP contribution in [0.4, 0.5) is 17.1 Å². The molecule has 0 fully saturated rings. The maximum Gasteiger partial charge on any atom is 0.159 e. The van der Waals surface area contributed by atoms with Gasteiger partial charge in [-0.15, -0.1) is 11.3 Å². The Morgan fingerprint density at radius 2 is 1.02 bits per heavy atom. The molecule has 0 bridgehead atoms. The molecule has 272 valence electrons. The van der Waals surface area contributed by atoms with E-state index in [1.165, 1.54) is 42.0 Å². The van der Waals surface area contributed by atoms with Crippen LogP contribution in [-0.4, -0.2) is 4.57 Å². The van der Waals surface area contributed by atoms with E-state index in [4.69, 9.17) is 4.42 Å². The molecule has 0 aliphatic heterocycles. The molecule has 12 rings (SSSR count). The molecule has 3 nitrogen and oxygen atoms in total. The lowest BCUT2D eigenvalue weighted by atomic mass is 9.92. The molecule has 0 aliphatic carbocycles. The van der Waals surface area contributed by atoms with E-state index in [-0.39, 0.29) is 0 Å². The third-order valence-electron chi connectivity index (χ3n) is 11.6. The Hall–Kier alpha value is -7.40. The minimum absolute atomic E-state index is 0.863. The van der Waals surface area contributed by atoms with E-state index in [1.807, 2.05) is 17.4 Å². The van der Waals surface area contributed by atoms with Gasteiger partial charge in [0.2, 0.25) is 0 Å². The van der Waals surface area contributed by atoms with Crippen molar-refractivity contribution in [3.05, 3.63) is 206 Å². The highest BCUT2D eigenvalue weighted by molar-refractivity contribution is 7.25. The Bertz CT molecular complexity index is 3480. The molecule has 0 saturated carbocycles. The number of benzene rings is 9. The Morgan fingerprint density at radius 3 is 1.84 bits per heavy atom. The van der Waals surface area contributed by atoms with Crippen LogP contribution in [0.3, 0.4) is 0 Å². The summed E-state index contributed by atoms with van der Waals surface area (Å²) in [5.74, 6) is 0. The van der Waals surface area contributed by atoms with Gasteiger partial charge in [-0.3, -0.25) is 0 Å². The molecule has 0 unspecified atom stereocenters. The standard InChI is InChI=1S/C54H34N2OS/c1-2-15-35(16-3-1)46-33-36(29-31-38(46)39-17-4-9-23-47(39)56-48-24-10-5-18-40(48)41-19-6-11-25-49(41)56)55(37-30-32-44-43-21-8-13-28-52(43)58-53(44)34-37)50-26-14-22-45-42-20-7-12-27-51(42)57-54(45)50/h1-34H. The normalized spacial score (nSPS) is 11.8. The first-order chi connectivity index (χ1) is 28.8. The minimum Gasteiger partial charge on any atom is -0.454 e. The van der Waals surface area contributed by atoms with E-state index >= 15 is 0 Å². The number of hydrogen-bond acceptors (Lipinski definition) is 3. The number of rotatable bonds is 6. The van der Waals surface area contributed by atoms with Crippen molar-refractivity contribution in [3.63, 3.8) is 0 Å². The maximum atomic E-state index is 6.74. The molecule has 9 aromatic carbocycles. The highest BCUT2D eigenvalue weighted by Crippen LogP contribution is 2.47. The molecule has 0 saturated heterocycles. The second kappa shape index (κ2) is 13.1. The fourth-order valence-corrected chi connectivity index (χ4v) is 10.2. The summed E-state index contributed by atoms with van der Waals surface area (Å²) in [4.78, 5) is 2.38. The van der Waals surface area contributed by atoms with Crippen LogP contribution in [0.15, 0.2) is 211 Å². The van der Waals surface area contributed by atoms with Gasteiger partial charge in [0.15, 0.2) is 5.58 Å². The zero-order valence-electron chi connectivity index (χ0n) is 31.3. The summed E-state index contributed by atoms with van der Waals surface area (Å²) in [6.45, 7) is 0. The number of nitrogens with zero attached hydrogens (tertiary/aromatic N) is 2. The average Bonchev–Trinajstić information content (AvgIpc) is 3.97. The summed E-state index contributed by atoms with van der Waals surface area (Å²) >= 11 is 1.84. The highest BCUT2D eigenvalue weighted by Gasteiger charge is 2.23. The lowest BCUT2D eigenvalue weighted by molar-refractivity contribution is 0.669. The second-order valence-corrected chi connectivity index (χ2v) is 15.9. The van der Waals surface area contributed by atoms with Crippen molar-refractivity contribution >= 4 is 92.3 Å². The Morgan fingerprint density at radius 1 is 0.397 bits per heavy atom. The number of anilines is 3. The van der Waals surface area contributed by atoms with Crippen molar-refractivity contribution in [2.45, 2.75) is 0 Å². The molecule has 4 heteroatoms. The van der Waals surface area contributed by atoms with Crippen molar-refractivity contribution in [1.29, 1.82) is 0 Å². The van der Waals surface area contributed by atoms with Crippen LogP contribution in [0.2, 0.25) is 0 Å². The molecular weight excluding hydrogens is 725 g/mol. The van der Waals surface area contributed by atoms with Gasteiger partial charge in [0.1, 0.15) is 5.58 Å². The van der Waals surface area contributed by atoms with E-state index in [2.05, 4.69) is 210 Å². The lowest BCUT2D eigenvalue weighted by Gasteiger charge is -2.27. The van der Waals surface area contributed by atoms with Crippen LogP contribution in [0.25, 0.3) is 91.9 Å². The van der Waals surface area contributed by atoms with Gasteiger partial charge in [0, 0.05) is 58.7 Å². The number of para-hydroxylation sites is 5. The molecule has 12 aromatic rings. The van der Waals surface area contributed by atoms with Crippen molar-refractivity contribution in [2.24, 2.45) is 0 Å². The van der Waals surface area contributed by atoms with Crippen molar-refractivity contribution < 1.29 is 4.42 Å². The van der Waals surface area contributed by atoms with Gasteiger partial charge < -0.3 is 13.9 Å². The number of hydrogen-bond donors (Lipinski definition) is 0. The second-order valence-electron chi connectivity index (χ2n) is 14.8. The number of furan rings is 1. The lowest BCUT2D eigenvalue weighted by Crippen LogP contribution is -2.10. The van der Waals surface area contributed by atoms with Crippen LogP contribution in [0, 0.1) is 0 Å². The molecule has 0 spiro atoms. The zero-order valence-corrected chi connectivity index (χ0v) is 32.2. The molecule has 0 atom stereocenters. The monoisotopic (exact) mass is 758 g/mol. The summed E-state index contributed by atoms with van der Waals surface area (Å²) in [5, 5.41) is 7.27. The predicted molar refractivity (Wildman–Crippen MR) is 247 cm³/mol. The summed E-state index contributed by atoms with van der Waals surface area (Å²) in [6, 6.07) is 74.5. The van der Waals surface area contributed by atoms with E-state index in [1.54, 1.807) is 0 Å². The van der Waals surface area contributed by atoms with Crippen molar-refractivity contribution in [2.75, 3.05) is 4.90 Å². The van der Waals surface area contributed by atoms with Crippen LogP contribution >= 0.6 is 11.3 Å². The van der Waals surface area contributed by atoms with Crippen LogP contribution in [0.1, 0.15) is 0 Å². The average molecular weight is 759 g/mol. The Labute approximate surface area is 338 Å². The zero-order chi connectivity index (χ0) is 38.2. The Balaban J connectivity index is 1.12. The van der Waals surface area contributed by atoms with E-state index in [0.29, 0.717) is 0 Å². The summed E-state index contributed by atoms with van der Waals surface area (Å²) < 4.78 is 11.7. The number of thiophene rings is 1. The first kappa shape index (κ1) is 32.8. The van der Waals surface area contributed by atoms with Crippen LogP contribution in [-0.2, 0) is 0 Å². The van der Waals surface area contributed by atoms with Gasteiger partial charge in [-0.2, -0.15) is 0 Å². The topological polar surface area (TPSA) is 21.3 Å². The van der Waals surface area contributed by atoms with Crippen molar-refractivity contribution in [1.82, 2.24) is 4.57 Å². The predicted octanol–water partition coefficient (Wildman–Crippen LogP) is 15.9. The first-order valence-corrected chi connectivity index (χ1v) is 20.5. The van der Waals surface area contributed by atoms with Crippen LogP contribution < -0.4 is 4.90 Å². The van der Waals surface area contributed by atoms with Gasteiger partial charge in [0.05, 0.1) is 22.4 Å². The molecular formula is C54H34N2OS. The molecule has 0 amide bonds. The third kappa shape index (κ3) is 5.05. The Kier molecular flexibility index (Phi) is 7.40. The summed E-state index contributed by atoms with van der Waals surface area (Å²) in [7, 11) is 0. The van der Waals surface area contributed by atoms with E-state index < -0.39 is 0 Å². The van der Waals surface area contributed by atoms with Crippen molar-refractivity contribution in [3.8, 4) is 27.9 Å². The minimum atomic E-state index is 0.863. The van der Waals surface area contributed by atoms with Gasteiger partial charge in [-0.05, 0) is 77.4 Å². The summed E-state index contributed by atoms with van der Waals surface area (Å²) in [5.41, 5.74) is 13.0. The molecule has 0 aliphatic rings. The van der Waals surface area contributed by atoms with Gasteiger partial charge in [-0.1, -0.05) is 146 Å². The molecule has 0 N–H and O–H groups in total. The molecule has 58 heavy (non-hydrogen) atoms. The number of aromatic nitrogens is 1. The third-order valence-corrected chi connectivity index (χ3v) is 12.7. The fourth-order valence-electron chi connectivity index (χ4n) is 9.03. The van der Waals surface area contributed by atoms with Gasteiger partial charge in [0.25, 0.3) is 0 Å². The van der Waals surface area contributed by atoms with E-state index in [0.717, 1.165) is 66.9 Å². The first-order valence-electron chi connectivity index (χ1n) is 19.7. The van der Waals surface area contributed by atoms with Gasteiger partial charge in [-0.25, -0.2) is 0 Å². The van der Waals surface area contributed by atoms with Crippen LogP contribution in [0.5, 0.6) is 0 Å². The van der Waals surface area contributed by atoms with E-state index in [9.17, 15) is 0 Å². The smallest absolute Gasteiger partial charge is 0.159 e. The van der Waals surface area contributed by atoms with Gasteiger partial charge >= 0.3 is 0 Å².